The molecule has 7 heteroatoms. The maximum atomic E-state index is 11.8. The largest absolute Gasteiger partial charge is 0.390 e. The average molecular weight is 288 g/mol. The molecule has 5 nitrogen and oxygen atoms in total. The quantitative estimate of drug-likeness (QED) is 0.873. The fraction of sp³-hybridized carbons (Fsp3) is 0.545. The molecule has 2 rings (SSSR count). The van der Waals surface area contributed by atoms with Crippen LogP contribution in [0.25, 0.3) is 0 Å². The minimum Gasteiger partial charge on any atom is -0.390 e. The molecule has 1 aliphatic heterocycles. The van der Waals surface area contributed by atoms with Gasteiger partial charge in [0.1, 0.15) is 11.2 Å². The van der Waals surface area contributed by atoms with Gasteiger partial charge in [-0.15, -0.1) is 0 Å². The Bertz CT molecular complexity index is 519. The van der Waals surface area contributed by atoms with Crippen molar-refractivity contribution in [3.05, 3.63) is 23.9 Å². The lowest BCUT2D eigenvalue weighted by molar-refractivity contribution is 0.277. The number of rotatable bonds is 3. The summed E-state index contributed by atoms with van der Waals surface area (Å²) in [5.41, 5.74) is 0.554. The van der Waals surface area contributed by atoms with Crippen LogP contribution >= 0.6 is 11.8 Å². The number of hydrogen-bond acceptors (Lipinski definition) is 6. The van der Waals surface area contributed by atoms with Gasteiger partial charge in [0.15, 0.2) is 9.84 Å². The van der Waals surface area contributed by atoms with Gasteiger partial charge in [-0.25, -0.2) is 13.4 Å². The molecule has 1 fully saturated rings. The predicted molar refractivity (Wildman–Crippen MR) is 73.5 cm³/mol. The highest BCUT2D eigenvalue weighted by Crippen LogP contribution is 2.25. The topological polar surface area (TPSA) is 70.5 Å². The zero-order chi connectivity index (χ0) is 13.2. The molecular weight excluding hydrogens is 272 g/mol. The van der Waals surface area contributed by atoms with Crippen LogP contribution in [0.5, 0.6) is 0 Å². The summed E-state index contributed by atoms with van der Waals surface area (Å²) in [4.78, 5) is 6.09. The normalized spacial score (nSPS) is 21.0. The Labute approximate surface area is 111 Å². The van der Waals surface area contributed by atoms with Gasteiger partial charge in [-0.1, -0.05) is 6.07 Å². The fourth-order valence-corrected chi connectivity index (χ4v) is 4.74. The smallest absolute Gasteiger partial charge is 0.169 e. The second kappa shape index (κ2) is 5.46. The molecule has 0 amide bonds. The number of thioether (sulfide) groups is 1. The van der Waals surface area contributed by atoms with E-state index in [1.807, 2.05) is 4.90 Å². The summed E-state index contributed by atoms with van der Waals surface area (Å²) in [5.74, 6) is 2.07. The van der Waals surface area contributed by atoms with Crippen molar-refractivity contribution in [2.45, 2.75) is 12.0 Å². The highest BCUT2D eigenvalue weighted by atomic mass is 32.2. The van der Waals surface area contributed by atoms with E-state index in [0.29, 0.717) is 23.8 Å². The maximum absolute atomic E-state index is 11.8. The second-order valence-corrected chi connectivity index (χ2v) is 7.55. The summed E-state index contributed by atoms with van der Waals surface area (Å²) in [5, 5.41) is 8.55. The van der Waals surface area contributed by atoms with Crippen molar-refractivity contribution < 1.29 is 13.5 Å². The number of aromatic nitrogens is 1. The second-order valence-electron chi connectivity index (χ2n) is 4.20. The number of nitrogens with zero attached hydrogens (tertiary/aromatic N) is 2. The lowest BCUT2D eigenvalue weighted by Crippen LogP contribution is -2.47. The number of pyridine rings is 1. The van der Waals surface area contributed by atoms with Crippen molar-refractivity contribution in [1.29, 1.82) is 0 Å². The first-order valence-electron chi connectivity index (χ1n) is 5.62. The van der Waals surface area contributed by atoms with Crippen LogP contribution in [-0.4, -0.2) is 48.2 Å². The van der Waals surface area contributed by atoms with Crippen LogP contribution in [-0.2, 0) is 16.4 Å². The number of aliphatic hydroxyl groups is 1. The average Bonchev–Trinajstić information content (AvgIpc) is 2.38. The van der Waals surface area contributed by atoms with Gasteiger partial charge in [0.2, 0.25) is 0 Å². The Morgan fingerprint density at radius 1 is 1.56 bits per heavy atom. The third-order valence-electron chi connectivity index (χ3n) is 2.83. The molecule has 0 spiro atoms. The van der Waals surface area contributed by atoms with Crippen molar-refractivity contribution in [3.63, 3.8) is 0 Å². The van der Waals surface area contributed by atoms with Gasteiger partial charge in [0.25, 0.3) is 0 Å². The lowest BCUT2D eigenvalue weighted by atomic mass is 10.3. The van der Waals surface area contributed by atoms with Gasteiger partial charge in [0.05, 0.1) is 12.3 Å². The SMILES string of the molecule is CS(=O)(=O)C1CSCCN1c1cccc(CO)n1. The minimum atomic E-state index is -3.14. The molecule has 0 aromatic carbocycles. The van der Waals surface area contributed by atoms with Crippen molar-refractivity contribution in [2.75, 3.05) is 29.2 Å². The summed E-state index contributed by atoms with van der Waals surface area (Å²) < 4.78 is 23.6. The first-order chi connectivity index (χ1) is 8.52. The van der Waals surface area contributed by atoms with E-state index in [1.165, 1.54) is 6.26 Å². The van der Waals surface area contributed by atoms with E-state index in [-0.39, 0.29) is 6.61 Å². The van der Waals surface area contributed by atoms with E-state index in [1.54, 1.807) is 30.0 Å². The molecule has 1 N–H and O–H groups in total. The number of anilines is 1. The Kier molecular flexibility index (Phi) is 4.14. The molecule has 18 heavy (non-hydrogen) atoms. The third kappa shape index (κ3) is 2.96. The van der Waals surface area contributed by atoms with E-state index < -0.39 is 15.2 Å². The van der Waals surface area contributed by atoms with Gasteiger partial charge in [-0.05, 0) is 12.1 Å². The number of sulfone groups is 1. The van der Waals surface area contributed by atoms with E-state index in [9.17, 15) is 8.42 Å². The van der Waals surface area contributed by atoms with Gasteiger partial charge in [0, 0.05) is 24.3 Å². The molecule has 0 saturated carbocycles. The molecule has 2 heterocycles. The third-order valence-corrected chi connectivity index (χ3v) is 5.47. The molecular formula is C11H16N2O3S2. The predicted octanol–water partition coefficient (Wildman–Crippen LogP) is 0.498. The Hall–Kier alpha value is -0.790. The summed E-state index contributed by atoms with van der Waals surface area (Å²) in [6, 6.07) is 5.29. The molecule has 1 aliphatic rings. The maximum Gasteiger partial charge on any atom is 0.169 e. The first kappa shape index (κ1) is 13.6. The molecule has 1 unspecified atom stereocenters. The van der Waals surface area contributed by atoms with Crippen LogP contribution in [0.1, 0.15) is 5.69 Å². The monoisotopic (exact) mass is 288 g/mol. The van der Waals surface area contributed by atoms with E-state index in [4.69, 9.17) is 5.11 Å². The van der Waals surface area contributed by atoms with Crippen LogP contribution < -0.4 is 4.90 Å². The molecule has 1 aromatic rings. The summed E-state index contributed by atoms with van der Waals surface area (Å²) in [6.07, 6.45) is 1.26. The van der Waals surface area contributed by atoms with Crippen molar-refractivity contribution in [2.24, 2.45) is 0 Å². The first-order valence-corrected chi connectivity index (χ1v) is 8.73. The van der Waals surface area contributed by atoms with Gasteiger partial charge in [-0.2, -0.15) is 11.8 Å². The highest BCUT2D eigenvalue weighted by Gasteiger charge is 2.31. The van der Waals surface area contributed by atoms with Crippen LogP contribution in [0.4, 0.5) is 5.82 Å². The van der Waals surface area contributed by atoms with E-state index in [0.717, 1.165) is 5.75 Å². The van der Waals surface area contributed by atoms with Crippen LogP contribution in [0, 0.1) is 0 Å². The van der Waals surface area contributed by atoms with Gasteiger partial charge < -0.3 is 10.0 Å². The Morgan fingerprint density at radius 3 is 3.00 bits per heavy atom. The molecule has 1 atom stereocenters. The molecule has 0 bridgehead atoms. The Balaban J connectivity index is 2.33. The van der Waals surface area contributed by atoms with Crippen LogP contribution in [0.2, 0.25) is 0 Å². The number of hydrogen-bond donors (Lipinski definition) is 1. The fourth-order valence-electron chi connectivity index (χ4n) is 1.91. The standard InChI is InChI=1S/C11H16N2O3S2/c1-18(15,16)11-8-17-6-5-13(11)10-4-2-3-9(7-14)12-10/h2-4,11,14H,5-8H2,1H3. The molecule has 0 aliphatic carbocycles. The molecule has 100 valence electrons. The van der Waals surface area contributed by atoms with Crippen LogP contribution in [0.3, 0.4) is 0 Å². The molecule has 0 radical (unpaired) electrons. The van der Waals surface area contributed by atoms with E-state index >= 15 is 0 Å². The van der Waals surface area contributed by atoms with Crippen molar-refractivity contribution in [3.8, 4) is 0 Å². The summed E-state index contributed by atoms with van der Waals surface area (Å²) >= 11 is 1.64. The zero-order valence-corrected chi connectivity index (χ0v) is 11.7. The molecule has 1 saturated heterocycles. The lowest BCUT2D eigenvalue weighted by Gasteiger charge is -2.35. The van der Waals surface area contributed by atoms with Gasteiger partial charge in [-0.3, -0.25) is 0 Å². The zero-order valence-electron chi connectivity index (χ0n) is 10.1. The highest BCUT2D eigenvalue weighted by molar-refractivity contribution is 8.01. The molecule has 1 aromatic heterocycles. The van der Waals surface area contributed by atoms with E-state index in [2.05, 4.69) is 4.98 Å². The van der Waals surface area contributed by atoms with Crippen LogP contribution in [0.15, 0.2) is 18.2 Å². The number of aliphatic hydroxyl groups excluding tert-OH is 1. The van der Waals surface area contributed by atoms with Gasteiger partial charge >= 0.3 is 0 Å². The summed E-state index contributed by atoms with van der Waals surface area (Å²) in [7, 11) is -3.14. The van der Waals surface area contributed by atoms with Crippen molar-refractivity contribution >= 4 is 27.4 Å². The summed E-state index contributed by atoms with van der Waals surface area (Å²) in [6.45, 7) is 0.518. The Morgan fingerprint density at radius 2 is 2.33 bits per heavy atom. The minimum absolute atomic E-state index is 0.139. The van der Waals surface area contributed by atoms with Crippen molar-refractivity contribution in [1.82, 2.24) is 4.98 Å².